The van der Waals surface area contributed by atoms with Gasteiger partial charge in [0.1, 0.15) is 34.9 Å². The summed E-state index contributed by atoms with van der Waals surface area (Å²) in [5, 5.41) is 17.1. The number of carbonyl (C=O) groups excluding carboxylic acids is 2. The molecule has 0 radical (unpaired) electrons. The van der Waals surface area contributed by atoms with E-state index in [1.807, 2.05) is 45.9 Å². The number of piperidine rings is 1. The van der Waals surface area contributed by atoms with Crippen molar-refractivity contribution in [3.63, 3.8) is 0 Å². The molecule has 2 amide bonds. The lowest BCUT2D eigenvalue weighted by molar-refractivity contribution is 0.0115. The van der Waals surface area contributed by atoms with Gasteiger partial charge in [0.15, 0.2) is 0 Å². The molecule has 51 heavy (non-hydrogen) atoms. The summed E-state index contributed by atoms with van der Waals surface area (Å²) in [6, 6.07) is 10.8. The Kier molecular flexibility index (Phi) is 10.1. The monoisotopic (exact) mass is 700 g/mol. The van der Waals surface area contributed by atoms with Crippen LogP contribution in [0.2, 0.25) is 0 Å². The van der Waals surface area contributed by atoms with Gasteiger partial charge in [-0.1, -0.05) is 0 Å². The van der Waals surface area contributed by atoms with E-state index in [0.29, 0.717) is 82.1 Å². The van der Waals surface area contributed by atoms with E-state index in [4.69, 9.17) is 14.5 Å². The Morgan fingerprint density at radius 3 is 2.41 bits per heavy atom. The Labute approximate surface area is 295 Å². The summed E-state index contributed by atoms with van der Waals surface area (Å²) < 4.78 is 41.6. The van der Waals surface area contributed by atoms with E-state index in [2.05, 4.69) is 26.3 Å². The first-order valence-electron chi connectivity index (χ1n) is 17.1. The molecule has 0 atom stereocenters. The van der Waals surface area contributed by atoms with Crippen molar-refractivity contribution in [3.8, 4) is 22.9 Å². The molecule has 2 fully saturated rings. The summed E-state index contributed by atoms with van der Waals surface area (Å²) in [6.07, 6.45) is 5.70. The number of ether oxygens (including phenoxy) is 2. The number of nitriles is 1. The molecule has 4 aromatic rings. The Hall–Kier alpha value is -5.29. The highest BCUT2D eigenvalue weighted by Gasteiger charge is 2.40. The number of pyridine rings is 2. The highest BCUT2D eigenvalue weighted by atomic mass is 19.1. The van der Waals surface area contributed by atoms with Crippen LogP contribution in [0.25, 0.3) is 16.6 Å². The van der Waals surface area contributed by atoms with E-state index in [-0.39, 0.29) is 11.7 Å². The third-order valence-corrected chi connectivity index (χ3v) is 9.22. The molecule has 14 heteroatoms. The second-order valence-electron chi connectivity index (χ2n) is 14.0. The van der Waals surface area contributed by atoms with Crippen molar-refractivity contribution in [1.82, 2.24) is 29.7 Å². The van der Waals surface area contributed by atoms with E-state index in [9.17, 15) is 23.6 Å². The van der Waals surface area contributed by atoms with Crippen molar-refractivity contribution in [1.29, 1.82) is 5.26 Å². The first-order chi connectivity index (χ1) is 24.4. The highest BCUT2D eigenvalue weighted by Crippen LogP contribution is 2.33. The molecule has 268 valence electrons. The lowest BCUT2D eigenvalue weighted by Gasteiger charge is -2.46. The van der Waals surface area contributed by atoms with Gasteiger partial charge in [0.25, 0.3) is 5.91 Å². The van der Waals surface area contributed by atoms with E-state index >= 15 is 0 Å². The molecule has 2 aliphatic heterocycles. The molecule has 2 saturated heterocycles. The molecule has 0 aliphatic carbocycles. The van der Waals surface area contributed by atoms with E-state index in [1.54, 1.807) is 21.8 Å². The van der Waals surface area contributed by atoms with Crippen molar-refractivity contribution >= 4 is 23.3 Å². The molecule has 5 heterocycles. The van der Waals surface area contributed by atoms with Gasteiger partial charge in [0.05, 0.1) is 41.2 Å². The Balaban J connectivity index is 1.19. The summed E-state index contributed by atoms with van der Waals surface area (Å²) in [5.41, 5.74) is 0.978. The second kappa shape index (κ2) is 14.5. The highest BCUT2D eigenvalue weighted by molar-refractivity contribution is 5.95. The van der Waals surface area contributed by atoms with Crippen molar-refractivity contribution in [2.75, 3.05) is 57.3 Å². The van der Waals surface area contributed by atoms with Gasteiger partial charge >= 0.3 is 6.09 Å². The van der Waals surface area contributed by atoms with Gasteiger partial charge in [0.2, 0.25) is 0 Å². The SMILES string of the molecule is CCOc1cc(-c2ccc(N3CCC(CN4CCN(C(=O)OC(C)(C)C)CC4)(NC(=O)c4cc(F)ccc4F)CC3)nc2)c2c(C#N)cnn2c1. The predicted molar refractivity (Wildman–Crippen MR) is 187 cm³/mol. The lowest BCUT2D eigenvalue weighted by atomic mass is 9.86. The zero-order chi connectivity index (χ0) is 36.3. The average molecular weight is 701 g/mol. The fourth-order valence-corrected chi connectivity index (χ4v) is 6.69. The molecule has 2 aliphatic rings. The first kappa shape index (κ1) is 35.5. The van der Waals surface area contributed by atoms with E-state index < -0.39 is 28.7 Å². The molecule has 6 rings (SSSR count). The smallest absolute Gasteiger partial charge is 0.410 e. The normalized spacial score (nSPS) is 16.5. The number of benzene rings is 1. The Morgan fingerprint density at radius 1 is 1.02 bits per heavy atom. The maximum absolute atomic E-state index is 14.7. The summed E-state index contributed by atoms with van der Waals surface area (Å²) in [7, 11) is 0. The van der Waals surface area contributed by atoms with Crippen LogP contribution in [0.15, 0.2) is 55.0 Å². The van der Waals surface area contributed by atoms with Gasteiger partial charge in [-0.05, 0) is 76.9 Å². The van der Waals surface area contributed by atoms with E-state index in [0.717, 1.165) is 35.1 Å². The van der Waals surface area contributed by atoms with Crippen molar-refractivity contribution in [2.45, 2.75) is 51.7 Å². The van der Waals surface area contributed by atoms with Crippen LogP contribution in [0.4, 0.5) is 19.4 Å². The average Bonchev–Trinajstić information content (AvgIpc) is 3.52. The molecule has 1 aromatic carbocycles. The summed E-state index contributed by atoms with van der Waals surface area (Å²) in [6.45, 7) is 11.5. The van der Waals surface area contributed by atoms with Crippen molar-refractivity contribution in [3.05, 3.63) is 77.8 Å². The van der Waals surface area contributed by atoms with Crippen molar-refractivity contribution in [2.24, 2.45) is 0 Å². The van der Waals surface area contributed by atoms with E-state index in [1.165, 1.54) is 6.20 Å². The predicted octanol–water partition coefficient (Wildman–Crippen LogP) is 5.27. The number of fused-ring (bicyclic) bond motifs is 1. The summed E-state index contributed by atoms with van der Waals surface area (Å²) in [4.78, 5) is 36.9. The number of amides is 2. The standard InChI is InChI=1S/C37H42F2N8O4/c1-5-50-28-19-29(33-26(20-40)22-42-47(33)23-28)25-6-9-32(41-21-25)45-12-10-37(11-13-45,43-34(48)30-18-27(38)7-8-31(30)39)24-44-14-16-46(17-15-44)35(49)51-36(2,3)4/h6-9,18-19,21-23H,5,10-17,24H2,1-4H3,(H,43,48). The Bertz CT molecular complexity index is 1940. The zero-order valence-electron chi connectivity index (χ0n) is 29.3. The Morgan fingerprint density at radius 2 is 1.76 bits per heavy atom. The van der Waals surface area contributed by atoms with Gasteiger partial charge in [-0.25, -0.2) is 23.1 Å². The third-order valence-electron chi connectivity index (χ3n) is 9.22. The third kappa shape index (κ3) is 8.04. The number of nitrogens with zero attached hydrogens (tertiary/aromatic N) is 7. The van der Waals surface area contributed by atoms with Crippen LogP contribution in [-0.2, 0) is 4.74 Å². The van der Waals surface area contributed by atoms with Crippen LogP contribution >= 0.6 is 0 Å². The van der Waals surface area contributed by atoms with Gasteiger partial charge in [0, 0.05) is 63.1 Å². The van der Waals surface area contributed by atoms with Crippen LogP contribution < -0.4 is 15.0 Å². The molecular weight excluding hydrogens is 658 g/mol. The second-order valence-corrected chi connectivity index (χ2v) is 14.0. The molecule has 0 saturated carbocycles. The molecule has 0 spiro atoms. The molecule has 12 nitrogen and oxygen atoms in total. The minimum absolute atomic E-state index is 0.343. The summed E-state index contributed by atoms with van der Waals surface area (Å²) >= 11 is 0. The van der Waals surface area contributed by atoms with Crippen LogP contribution in [0, 0.1) is 23.0 Å². The number of anilines is 1. The van der Waals surface area contributed by atoms with Gasteiger partial charge in [-0.3, -0.25) is 9.69 Å². The maximum Gasteiger partial charge on any atom is 0.410 e. The molecule has 1 N–H and O–H groups in total. The maximum atomic E-state index is 14.7. The number of hydrogen-bond acceptors (Lipinski definition) is 9. The van der Waals surface area contributed by atoms with Gasteiger partial charge < -0.3 is 24.6 Å². The van der Waals surface area contributed by atoms with Crippen molar-refractivity contribution < 1.29 is 27.8 Å². The fourth-order valence-electron chi connectivity index (χ4n) is 6.69. The number of rotatable bonds is 8. The number of halogens is 2. The molecular formula is C37H42F2N8O4. The number of aromatic nitrogens is 3. The first-order valence-corrected chi connectivity index (χ1v) is 17.1. The zero-order valence-corrected chi connectivity index (χ0v) is 29.3. The number of carbonyl (C=O) groups is 2. The van der Waals surface area contributed by atoms with Crippen LogP contribution in [0.1, 0.15) is 56.5 Å². The number of hydrogen-bond donors (Lipinski definition) is 1. The van der Waals surface area contributed by atoms with Gasteiger partial charge in [-0.15, -0.1) is 0 Å². The topological polar surface area (TPSA) is 128 Å². The quantitative estimate of drug-likeness (QED) is 0.262. The van der Waals surface area contributed by atoms with Crippen LogP contribution in [-0.4, -0.2) is 100.0 Å². The van der Waals surface area contributed by atoms with Crippen LogP contribution in [0.5, 0.6) is 5.75 Å². The molecule has 3 aromatic heterocycles. The largest absolute Gasteiger partial charge is 0.492 e. The molecule has 0 unspecified atom stereocenters. The number of piperazine rings is 1. The minimum Gasteiger partial charge on any atom is -0.492 e. The fraction of sp³-hybridized carbons (Fsp3) is 0.432. The minimum atomic E-state index is -0.793. The summed E-state index contributed by atoms with van der Waals surface area (Å²) in [5.74, 6) is -0.797. The van der Waals surface area contributed by atoms with Crippen LogP contribution in [0.3, 0.4) is 0 Å². The number of nitrogens with one attached hydrogen (secondary N) is 1. The lowest BCUT2D eigenvalue weighted by Crippen LogP contribution is -2.63. The molecule has 0 bridgehead atoms. The van der Waals surface area contributed by atoms with Gasteiger partial charge in [-0.2, -0.15) is 10.4 Å².